The zero-order valence-electron chi connectivity index (χ0n) is 8.49. The molecule has 1 aromatic carbocycles. The van der Waals surface area contributed by atoms with E-state index in [9.17, 15) is 31.1 Å². The van der Waals surface area contributed by atoms with Gasteiger partial charge in [-0.15, -0.1) is 0 Å². The number of hydrogen-bond acceptors (Lipinski definition) is 1. The maximum absolute atomic E-state index is 12.7. The molecular weight excluding hydrogens is 377 g/mol. The topological polar surface area (TPSA) is 17.1 Å². The van der Waals surface area contributed by atoms with E-state index >= 15 is 0 Å². The first-order chi connectivity index (χ1) is 8.09. The minimum atomic E-state index is -5.23. The highest BCUT2D eigenvalue weighted by Crippen LogP contribution is 2.42. The number of alkyl halides is 7. The standard InChI is InChI=1S/C10H5F6IO/c11-9(12,13)6-3-1-2-5(7(18)4-17)8(6)10(14,15)16/h1-3H,4H2. The first kappa shape index (κ1) is 15.3. The summed E-state index contributed by atoms with van der Waals surface area (Å²) in [5, 5.41) is 0. The lowest BCUT2D eigenvalue weighted by atomic mass is 9.97. The van der Waals surface area contributed by atoms with E-state index in [1.165, 1.54) is 22.6 Å². The largest absolute Gasteiger partial charge is 0.417 e. The van der Waals surface area contributed by atoms with Crippen molar-refractivity contribution in [1.82, 2.24) is 0 Å². The molecular formula is C10H5F6IO. The van der Waals surface area contributed by atoms with Gasteiger partial charge in [-0.25, -0.2) is 0 Å². The van der Waals surface area contributed by atoms with Gasteiger partial charge < -0.3 is 0 Å². The van der Waals surface area contributed by atoms with Crippen molar-refractivity contribution in [2.45, 2.75) is 12.4 Å². The molecule has 100 valence electrons. The van der Waals surface area contributed by atoms with Gasteiger partial charge in [-0.3, -0.25) is 4.79 Å². The third kappa shape index (κ3) is 3.15. The third-order valence-corrected chi connectivity index (χ3v) is 2.77. The zero-order valence-corrected chi connectivity index (χ0v) is 10.7. The number of rotatable bonds is 2. The van der Waals surface area contributed by atoms with Crippen LogP contribution in [0.15, 0.2) is 18.2 Å². The minimum Gasteiger partial charge on any atom is -0.293 e. The number of halogens is 7. The quantitative estimate of drug-likeness (QED) is 0.322. The van der Waals surface area contributed by atoms with E-state index < -0.39 is 34.8 Å². The summed E-state index contributed by atoms with van der Waals surface area (Å²) in [4.78, 5) is 11.3. The SMILES string of the molecule is O=C(CI)c1cccc(C(F)(F)F)c1C(F)(F)F. The Morgan fingerprint density at radius 1 is 1.06 bits per heavy atom. The summed E-state index contributed by atoms with van der Waals surface area (Å²) in [5.74, 6) is -0.992. The Bertz CT molecular complexity index is 462. The highest BCUT2D eigenvalue weighted by atomic mass is 127. The lowest BCUT2D eigenvalue weighted by Crippen LogP contribution is -2.21. The van der Waals surface area contributed by atoms with Gasteiger partial charge in [0.1, 0.15) is 0 Å². The van der Waals surface area contributed by atoms with Crippen molar-refractivity contribution in [2.24, 2.45) is 0 Å². The van der Waals surface area contributed by atoms with E-state index in [0.29, 0.717) is 6.07 Å². The molecule has 0 unspecified atom stereocenters. The number of Topliss-reactive ketones (excluding diaryl/α,β-unsaturated/α-hetero) is 1. The molecule has 0 spiro atoms. The molecule has 0 amide bonds. The maximum atomic E-state index is 12.7. The first-order valence-electron chi connectivity index (χ1n) is 4.45. The molecule has 0 N–H and O–H groups in total. The summed E-state index contributed by atoms with van der Waals surface area (Å²) in [6.07, 6.45) is -10.4. The van der Waals surface area contributed by atoms with Crippen LogP contribution >= 0.6 is 22.6 Å². The summed E-state index contributed by atoms with van der Waals surface area (Å²) in [6.45, 7) is 0. The fourth-order valence-corrected chi connectivity index (χ4v) is 1.81. The van der Waals surface area contributed by atoms with E-state index in [2.05, 4.69) is 0 Å². The number of hydrogen-bond donors (Lipinski definition) is 0. The second-order valence-electron chi connectivity index (χ2n) is 3.28. The van der Waals surface area contributed by atoms with Crippen LogP contribution in [-0.2, 0) is 12.4 Å². The molecule has 1 nitrogen and oxygen atoms in total. The van der Waals surface area contributed by atoms with Crippen molar-refractivity contribution in [1.29, 1.82) is 0 Å². The molecule has 0 saturated heterocycles. The fourth-order valence-electron chi connectivity index (χ4n) is 1.40. The van der Waals surface area contributed by atoms with Gasteiger partial charge in [-0.05, 0) is 6.07 Å². The first-order valence-corrected chi connectivity index (χ1v) is 5.98. The Morgan fingerprint density at radius 2 is 1.61 bits per heavy atom. The fraction of sp³-hybridized carbons (Fsp3) is 0.300. The second-order valence-corrected chi connectivity index (χ2v) is 4.04. The normalized spacial score (nSPS) is 12.6. The van der Waals surface area contributed by atoms with Gasteiger partial charge in [0.2, 0.25) is 0 Å². The molecule has 0 bridgehead atoms. The van der Waals surface area contributed by atoms with E-state index in [0.717, 1.165) is 12.1 Å². The van der Waals surface area contributed by atoms with Gasteiger partial charge in [0.15, 0.2) is 5.78 Å². The second kappa shape index (κ2) is 5.06. The molecule has 0 aromatic heterocycles. The molecule has 0 aliphatic heterocycles. The Hall–Kier alpha value is -0.800. The zero-order chi connectivity index (χ0) is 14.1. The van der Waals surface area contributed by atoms with Crippen LogP contribution < -0.4 is 0 Å². The van der Waals surface area contributed by atoms with Crippen LogP contribution in [0.5, 0.6) is 0 Å². The van der Waals surface area contributed by atoms with Crippen LogP contribution in [0.4, 0.5) is 26.3 Å². The van der Waals surface area contributed by atoms with Gasteiger partial charge in [-0.2, -0.15) is 26.3 Å². The van der Waals surface area contributed by atoms with Crippen LogP contribution in [0.25, 0.3) is 0 Å². The third-order valence-electron chi connectivity index (χ3n) is 2.08. The Balaban J connectivity index is 3.61. The highest BCUT2D eigenvalue weighted by molar-refractivity contribution is 14.1. The van der Waals surface area contributed by atoms with E-state index in [4.69, 9.17) is 0 Å². The summed E-state index contributed by atoms with van der Waals surface area (Å²) < 4.78 is 75.3. The molecule has 8 heteroatoms. The monoisotopic (exact) mass is 382 g/mol. The average Bonchev–Trinajstić information content (AvgIpc) is 2.24. The van der Waals surface area contributed by atoms with Crippen molar-refractivity contribution >= 4 is 28.4 Å². The van der Waals surface area contributed by atoms with Gasteiger partial charge in [-0.1, -0.05) is 34.7 Å². The molecule has 0 heterocycles. The Morgan fingerprint density at radius 3 is 2.00 bits per heavy atom. The van der Waals surface area contributed by atoms with Crippen molar-refractivity contribution < 1.29 is 31.1 Å². The molecule has 1 aromatic rings. The molecule has 0 aliphatic rings. The van der Waals surface area contributed by atoms with Gasteiger partial charge in [0.25, 0.3) is 0 Å². The van der Waals surface area contributed by atoms with Crippen molar-refractivity contribution in [3.05, 3.63) is 34.9 Å². The smallest absolute Gasteiger partial charge is 0.293 e. The van der Waals surface area contributed by atoms with E-state index in [1.807, 2.05) is 0 Å². The molecule has 1 rings (SSSR count). The van der Waals surface area contributed by atoms with E-state index in [1.54, 1.807) is 0 Å². The summed E-state index contributed by atoms with van der Waals surface area (Å²) in [5.41, 5.74) is -4.71. The number of benzene rings is 1. The van der Waals surface area contributed by atoms with Crippen molar-refractivity contribution in [2.75, 3.05) is 4.43 Å². The predicted molar refractivity (Wildman–Crippen MR) is 59.7 cm³/mol. The van der Waals surface area contributed by atoms with Gasteiger partial charge >= 0.3 is 12.4 Å². The number of carbonyl (C=O) groups is 1. The highest BCUT2D eigenvalue weighted by Gasteiger charge is 2.45. The van der Waals surface area contributed by atoms with Crippen LogP contribution in [0.3, 0.4) is 0 Å². The molecule has 0 aliphatic carbocycles. The molecule has 18 heavy (non-hydrogen) atoms. The van der Waals surface area contributed by atoms with Crippen LogP contribution in [-0.4, -0.2) is 10.2 Å². The van der Waals surface area contributed by atoms with Gasteiger partial charge in [0, 0.05) is 5.56 Å². The van der Waals surface area contributed by atoms with Crippen LogP contribution in [0.2, 0.25) is 0 Å². The summed E-state index contributed by atoms with van der Waals surface area (Å²) in [6, 6.07) is 1.85. The summed E-state index contributed by atoms with van der Waals surface area (Å²) >= 11 is 1.50. The summed E-state index contributed by atoms with van der Waals surface area (Å²) in [7, 11) is 0. The van der Waals surface area contributed by atoms with Crippen LogP contribution in [0, 0.1) is 0 Å². The van der Waals surface area contributed by atoms with Crippen molar-refractivity contribution in [3.8, 4) is 0 Å². The lowest BCUT2D eigenvalue weighted by Gasteiger charge is -2.18. The number of carbonyl (C=O) groups excluding carboxylic acids is 1. The molecule has 0 radical (unpaired) electrons. The van der Waals surface area contributed by atoms with Crippen LogP contribution in [0.1, 0.15) is 21.5 Å². The Kier molecular flexibility index (Phi) is 4.29. The maximum Gasteiger partial charge on any atom is 0.417 e. The minimum absolute atomic E-state index is 0.312. The molecule has 0 atom stereocenters. The Labute approximate surface area is 111 Å². The predicted octanol–water partition coefficient (Wildman–Crippen LogP) is 4.34. The number of ketones is 1. The molecule has 0 saturated carbocycles. The van der Waals surface area contributed by atoms with E-state index in [-0.39, 0.29) is 4.43 Å². The average molecular weight is 382 g/mol. The lowest BCUT2D eigenvalue weighted by molar-refractivity contribution is -0.162. The van der Waals surface area contributed by atoms with Crippen molar-refractivity contribution in [3.63, 3.8) is 0 Å². The molecule has 0 fully saturated rings. The van der Waals surface area contributed by atoms with Gasteiger partial charge in [0.05, 0.1) is 15.6 Å².